The maximum atomic E-state index is 12.4. The molecular weight excluding hydrogens is 411 g/mol. The number of urea groups is 1. The van der Waals surface area contributed by atoms with Gasteiger partial charge in [-0.3, -0.25) is 10.1 Å². The number of alkyl halides is 3. The second-order valence-electron chi connectivity index (χ2n) is 6.48. The molecule has 3 rings (SSSR count). The summed E-state index contributed by atoms with van der Waals surface area (Å²) in [5.41, 5.74) is 1.40. The van der Waals surface area contributed by atoms with Gasteiger partial charge in [0.1, 0.15) is 11.9 Å². The summed E-state index contributed by atoms with van der Waals surface area (Å²) in [4.78, 5) is 24.0. The first-order valence-electron chi connectivity index (χ1n) is 8.56. The molecule has 1 aliphatic rings. The summed E-state index contributed by atoms with van der Waals surface area (Å²) in [6, 6.07) is 12.5. The maximum Gasteiger partial charge on any atom is 0.471 e. The van der Waals surface area contributed by atoms with E-state index in [2.05, 4.69) is 5.32 Å². The average molecular weight is 428 g/mol. The van der Waals surface area contributed by atoms with Gasteiger partial charge in [-0.1, -0.05) is 41.9 Å². The second-order valence-corrected chi connectivity index (χ2v) is 6.91. The van der Waals surface area contributed by atoms with E-state index in [9.17, 15) is 22.8 Å². The number of rotatable bonds is 3. The Morgan fingerprint density at radius 2 is 1.90 bits per heavy atom. The highest BCUT2D eigenvalue weighted by molar-refractivity contribution is 6.30. The molecule has 0 bridgehead atoms. The molecule has 3 amide bonds. The summed E-state index contributed by atoms with van der Waals surface area (Å²) >= 11 is 6.02. The molecule has 2 aromatic carbocycles. The lowest BCUT2D eigenvalue weighted by atomic mass is 9.99. The largest absolute Gasteiger partial charge is 0.481 e. The third-order valence-corrected chi connectivity index (χ3v) is 4.56. The van der Waals surface area contributed by atoms with Crippen molar-refractivity contribution in [3.05, 3.63) is 59.1 Å². The van der Waals surface area contributed by atoms with Crippen LogP contribution >= 0.6 is 11.6 Å². The lowest BCUT2D eigenvalue weighted by Crippen LogP contribution is -2.50. The van der Waals surface area contributed by atoms with Gasteiger partial charge < -0.3 is 15.0 Å². The first-order chi connectivity index (χ1) is 13.6. The lowest BCUT2D eigenvalue weighted by Gasteiger charge is -2.37. The van der Waals surface area contributed by atoms with Gasteiger partial charge in [0.05, 0.1) is 11.7 Å². The highest BCUT2D eigenvalue weighted by atomic mass is 35.5. The van der Waals surface area contributed by atoms with E-state index in [1.54, 1.807) is 18.2 Å². The van der Waals surface area contributed by atoms with Crippen LogP contribution in [0, 0.1) is 0 Å². The summed E-state index contributed by atoms with van der Waals surface area (Å²) in [6.07, 6.45) is -5.68. The van der Waals surface area contributed by atoms with Crippen molar-refractivity contribution >= 4 is 29.2 Å². The van der Waals surface area contributed by atoms with Crippen LogP contribution in [0.1, 0.15) is 11.7 Å². The van der Waals surface area contributed by atoms with Crippen LogP contribution in [0.3, 0.4) is 0 Å². The molecular formula is C19H17ClF3N3O3. The van der Waals surface area contributed by atoms with Crippen molar-refractivity contribution in [2.24, 2.45) is 0 Å². The third kappa shape index (κ3) is 4.92. The number of likely N-dealkylation sites (N-methyl/N-ethyl adjacent to an activating group) is 1. The van der Waals surface area contributed by atoms with Crippen molar-refractivity contribution in [3.63, 3.8) is 0 Å². The first kappa shape index (κ1) is 20.8. The van der Waals surface area contributed by atoms with E-state index in [1.165, 1.54) is 12.4 Å². The highest BCUT2D eigenvalue weighted by Gasteiger charge is 2.40. The Kier molecular flexibility index (Phi) is 5.88. The number of fused-ring (bicyclic) bond motifs is 1. The molecule has 0 radical (unpaired) electrons. The van der Waals surface area contributed by atoms with Gasteiger partial charge >= 0.3 is 18.1 Å². The minimum atomic E-state index is -5.15. The lowest BCUT2D eigenvalue weighted by molar-refractivity contribution is -0.172. The van der Waals surface area contributed by atoms with Crippen molar-refractivity contribution in [1.82, 2.24) is 10.2 Å². The Balaban J connectivity index is 1.80. The molecule has 1 aliphatic heterocycles. The van der Waals surface area contributed by atoms with Crippen LogP contribution in [0.4, 0.5) is 23.7 Å². The monoisotopic (exact) mass is 427 g/mol. The zero-order chi connectivity index (χ0) is 21.2. The molecule has 0 spiro atoms. The number of nitrogens with one attached hydrogen (secondary N) is 2. The Morgan fingerprint density at radius 3 is 2.55 bits per heavy atom. The van der Waals surface area contributed by atoms with Crippen molar-refractivity contribution in [3.8, 4) is 5.75 Å². The van der Waals surface area contributed by atoms with E-state index in [0.717, 1.165) is 10.5 Å². The second kappa shape index (κ2) is 8.20. The van der Waals surface area contributed by atoms with E-state index in [1.807, 2.05) is 30.3 Å². The standard InChI is InChI=1S/C19H17ClF3N3O3/c1-26(18(28)25-17(27)19(21,22)23)10-14-16(11-5-3-2-4-6-11)29-15-8-7-12(20)9-13(15)24-14/h2-9,14,16,24H,10H2,1H3,(H,25,27,28). The third-order valence-electron chi connectivity index (χ3n) is 4.33. The molecule has 0 aromatic heterocycles. The van der Waals surface area contributed by atoms with E-state index >= 15 is 0 Å². The normalized spacial score (nSPS) is 18.1. The molecule has 6 nitrogen and oxygen atoms in total. The fraction of sp³-hybridized carbons (Fsp3) is 0.263. The number of nitrogens with zero attached hydrogens (tertiary/aromatic N) is 1. The first-order valence-corrected chi connectivity index (χ1v) is 8.94. The van der Waals surface area contributed by atoms with Crippen LogP contribution in [0.5, 0.6) is 5.75 Å². The van der Waals surface area contributed by atoms with Gasteiger partial charge in [0.15, 0.2) is 0 Å². The van der Waals surface area contributed by atoms with Gasteiger partial charge in [-0.25, -0.2) is 4.79 Å². The maximum absolute atomic E-state index is 12.4. The molecule has 2 unspecified atom stereocenters. The van der Waals surface area contributed by atoms with Crippen LogP contribution in [-0.4, -0.2) is 42.6 Å². The van der Waals surface area contributed by atoms with E-state index < -0.39 is 30.3 Å². The van der Waals surface area contributed by atoms with Crippen LogP contribution in [0.25, 0.3) is 0 Å². The van der Waals surface area contributed by atoms with E-state index in [0.29, 0.717) is 16.5 Å². The van der Waals surface area contributed by atoms with Gasteiger partial charge in [0.25, 0.3) is 0 Å². The molecule has 2 aromatic rings. The molecule has 2 N–H and O–H groups in total. The van der Waals surface area contributed by atoms with Crippen molar-refractivity contribution in [1.29, 1.82) is 0 Å². The molecule has 0 saturated carbocycles. The van der Waals surface area contributed by atoms with Crippen molar-refractivity contribution < 1.29 is 27.5 Å². The molecule has 10 heteroatoms. The minimum Gasteiger partial charge on any atom is -0.481 e. The average Bonchev–Trinajstić information content (AvgIpc) is 2.67. The number of ether oxygens (including phenoxy) is 1. The number of carbonyl (C=O) groups excluding carboxylic acids is 2. The summed E-state index contributed by atoms with van der Waals surface area (Å²) < 4.78 is 43.2. The van der Waals surface area contributed by atoms with Crippen molar-refractivity contribution in [2.75, 3.05) is 18.9 Å². The molecule has 2 atom stereocenters. The predicted molar refractivity (Wildman–Crippen MR) is 101 cm³/mol. The van der Waals surface area contributed by atoms with Gasteiger partial charge in [0.2, 0.25) is 0 Å². The number of hydrogen-bond donors (Lipinski definition) is 2. The molecule has 1 heterocycles. The molecule has 0 saturated heterocycles. The number of carbonyl (C=O) groups is 2. The van der Waals surface area contributed by atoms with E-state index in [4.69, 9.17) is 16.3 Å². The number of imide groups is 1. The molecule has 0 fully saturated rings. The quantitative estimate of drug-likeness (QED) is 0.777. The Morgan fingerprint density at radius 1 is 1.21 bits per heavy atom. The fourth-order valence-corrected chi connectivity index (χ4v) is 3.11. The Hall–Kier alpha value is -2.94. The van der Waals surface area contributed by atoms with Crippen LogP contribution < -0.4 is 15.4 Å². The predicted octanol–water partition coefficient (Wildman–Crippen LogP) is 3.98. The SMILES string of the molecule is CN(CC1Nc2cc(Cl)ccc2OC1c1ccccc1)C(=O)NC(=O)C(F)(F)F. The van der Waals surface area contributed by atoms with Gasteiger partial charge in [-0.15, -0.1) is 0 Å². The number of anilines is 1. The molecule has 29 heavy (non-hydrogen) atoms. The Bertz CT molecular complexity index is 909. The number of amides is 3. The van der Waals surface area contributed by atoms with Crippen molar-refractivity contribution in [2.45, 2.75) is 18.3 Å². The topological polar surface area (TPSA) is 70.7 Å². The summed E-state index contributed by atoms with van der Waals surface area (Å²) in [5, 5.41) is 5.01. The number of benzene rings is 2. The van der Waals surface area contributed by atoms with Gasteiger partial charge in [-0.2, -0.15) is 13.2 Å². The zero-order valence-electron chi connectivity index (χ0n) is 15.2. The number of hydrogen-bond acceptors (Lipinski definition) is 4. The van der Waals surface area contributed by atoms with Crippen LogP contribution in [-0.2, 0) is 4.79 Å². The van der Waals surface area contributed by atoms with Gasteiger partial charge in [0, 0.05) is 18.6 Å². The zero-order valence-corrected chi connectivity index (χ0v) is 15.9. The Labute approximate surface area is 169 Å². The number of halogens is 4. The fourth-order valence-electron chi connectivity index (χ4n) is 2.94. The van der Waals surface area contributed by atoms with Crippen LogP contribution in [0.15, 0.2) is 48.5 Å². The van der Waals surface area contributed by atoms with Gasteiger partial charge in [-0.05, 0) is 23.8 Å². The summed E-state index contributed by atoms with van der Waals surface area (Å²) in [6.45, 7) is -0.0392. The minimum absolute atomic E-state index is 0.0392. The highest BCUT2D eigenvalue weighted by Crippen LogP contribution is 2.39. The molecule has 154 valence electrons. The summed E-state index contributed by atoms with van der Waals surface area (Å²) in [5.74, 6) is -1.77. The molecule has 0 aliphatic carbocycles. The van der Waals surface area contributed by atoms with E-state index in [-0.39, 0.29) is 6.54 Å². The smallest absolute Gasteiger partial charge is 0.471 e. The van der Waals surface area contributed by atoms with Crippen LogP contribution in [0.2, 0.25) is 5.02 Å². The summed E-state index contributed by atoms with van der Waals surface area (Å²) in [7, 11) is 1.29.